The quantitative estimate of drug-likeness (QED) is 0.359. The van der Waals surface area contributed by atoms with Crippen molar-refractivity contribution in [3.8, 4) is 16.1 Å². The third kappa shape index (κ3) is 3.38. The van der Waals surface area contributed by atoms with E-state index in [1.54, 1.807) is 17.7 Å². The van der Waals surface area contributed by atoms with Gasteiger partial charge >= 0.3 is 0 Å². The van der Waals surface area contributed by atoms with Gasteiger partial charge in [0.15, 0.2) is 5.16 Å². The highest BCUT2D eigenvalue weighted by Crippen LogP contribution is 2.36. The smallest absolute Gasteiger partial charge is 0.260 e. The normalized spacial score (nSPS) is 12.5. The van der Waals surface area contributed by atoms with Crippen LogP contribution in [0.4, 0.5) is 0 Å². The van der Waals surface area contributed by atoms with Crippen LogP contribution in [0.3, 0.4) is 0 Å². The molecule has 1 atom stereocenters. The Hall–Kier alpha value is -2.75. The van der Waals surface area contributed by atoms with Crippen molar-refractivity contribution < 1.29 is 0 Å². The van der Waals surface area contributed by atoms with Gasteiger partial charge in [0.1, 0.15) is 17.0 Å². The highest BCUT2D eigenvalue weighted by molar-refractivity contribution is 7.99. The Balaban J connectivity index is 1.48. The van der Waals surface area contributed by atoms with Crippen molar-refractivity contribution >= 4 is 44.7 Å². The van der Waals surface area contributed by atoms with Crippen LogP contribution in [0.1, 0.15) is 23.6 Å². The Kier molecular flexibility index (Phi) is 5.01. The van der Waals surface area contributed by atoms with Gasteiger partial charge in [-0.1, -0.05) is 36.0 Å². The number of benzene rings is 1. The first-order valence-corrected chi connectivity index (χ1v) is 11.9. The average Bonchev–Trinajstić information content (AvgIpc) is 3.48. The molecule has 0 aliphatic rings. The molecule has 5 aromatic rings. The largest absolute Gasteiger partial charge is 0.309 e. The Bertz CT molecular complexity index is 1380. The molecule has 0 amide bonds. The van der Waals surface area contributed by atoms with Gasteiger partial charge < -0.3 is 4.98 Å². The van der Waals surface area contributed by atoms with Crippen molar-refractivity contribution in [2.75, 3.05) is 0 Å². The van der Waals surface area contributed by atoms with Gasteiger partial charge in [-0.05, 0) is 36.9 Å². The van der Waals surface area contributed by atoms with Crippen LogP contribution in [-0.2, 0) is 0 Å². The Labute approximate surface area is 184 Å². The lowest BCUT2D eigenvalue weighted by atomic mass is 10.2. The minimum absolute atomic E-state index is 0.0960. The lowest BCUT2D eigenvalue weighted by Gasteiger charge is -2.12. The summed E-state index contributed by atoms with van der Waals surface area (Å²) >= 11 is 4.64. The van der Waals surface area contributed by atoms with Crippen LogP contribution in [-0.4, -0.2) is 24.7 Å². The van der Waals surface area contributed by atoms with Crippen molar-refractivity contribution in [3.05, 3.63) is 75.2 Å². The van der Waals surface area contributed by atoms with E-state index in [9.17, 15) is 4.79 Å². The number of nitrogens with zero attached hydrogens (tertiary/aromatic N) is 4. The first-order chi connectivity index (χ1) is 14.6. The number of para-hydroxylation sites is 1. The highest BCUT2D eigenvalue weighted by Gasteiger charge is 2.19. The van der Waals surface area contributed by atoms with Crippen molar-refractivity contribution in [1.29, 1.82) is 0 Å². The van der Waals surface area contributed by atoms with Crippen molar-refractivity contribution in [3.63, 3.8) is 0 Å². The second-order valence-electron chi connectivity index (χ2n) is 6.79. The first kappa shape index (κ1) is 19.2. The van der Waals surface area contributed by atoms with Gasteiger partial charge in [-0.15, -0.1) is 32.9 Å². The third-order valence-corrected chi connectivity index (χ3v) is 7.65. The molecule has 4 heterocycles. The fraction of sp³-hybridized carbons (Fsp3) is 0.143. The maximum absolute atomic E-state index is 12.9. The summed E-state index contributed by atoms with van der Waals surface area (Å²) in [6.07, 6.45) is 1.71. The molecule has 150 valence electrons. The second kappa shape index (κ2) is 7.82. The number of hydrogen-bond acceptors (Lipinski definition) is 7. The number of nitrogens with one attached hydrogen (secondary N) is 1. The summed E-state index contributed by atoms with van der Waals surface area (Å²) < 4.78 is 1.97. The van der Waals surface area contributed by atoms with E-state index in [4.69, 9.17) is 4.98 Å². The Morgan fingerprint density at radius 2 is 2.03 bits per heavy atom. The number of thiophene rings is 2. The van der Waals surface area contributed by atoms with Crippen LogP contribution < -0.4 is 5.56 Å². The number of rotatable bonds is 5. The molecule has 0 aliphatic carbocycles. The summed E-state index contributed by atoms with van der Waals surface area (Å²) in [5, 5.41) is 13.7. The van der Waals surface area contributed by atoms with Crippen LogP contribution in [0.25, 0.3) is 26.3 Å². The first-order valence-electron chi connectivity index (χ1n) is 9.30. The van der Waals surface area contributed by atoms with E-state index in [0.717, 1.165) is 31.7 Å². The number of aromatic amines is 1. The van der Waals surface area contributed by atoms with E-state index < -0.39 is 0 Å². The van der Waals surface area contributed by atoms with E-state index in [-0.39, 0.29) is 10.8 Å². The van der Waals surface area contributed by atoms with Gasteiger partial charge in [-0.3, -0.25) is 9.36 Å². The molecule has 0 radical (unpaired) electrons. The molecule has 0 bridgehead atoms. The topological polar surface area (TPSA) is 76.5 Å². The minimum atomic E-state index is -0.104. The van der Waals surface area contributed by atoms with Gasteiger partial charge in [0.25, 0.3) is 5.56 Å². The summed E-state index contributed by atoms with van der Waals surface area (Å²) in [4.78, 5) is 22.5. The molecule has 0 saturated heterocycles. The minimum Gasteiger partial charge on any atom is -0.309 e. The number of fused-ring (bicyclic) bond motifs is 1. The lowest BCUT2D eigenvalue weighted by molar-refractivity contribution is 0.858. The molecule has 5 rings (SSSR count). The molecular formula is C21H17N5OS3. The van der Waals surface area contributed by atoms with E-state index in [2.05, 4.69) is 28.2 Å². The number of hydrogen-bond donors (Lipinski definition) is 1. The molecular weight excluding hydrogens is 434 g/mol. The standard InChI is InChI=1S/C21H17N5OS3/c1-12-6-3-4-7-15(12)26-11-22-25-21(26)30-13(2)18-23-19(27)17-14(10-29-20(17)24-18)16-8-5-9-28-16/h3-11,13H,1-2H3,(H,23,24,27). The summed E-state index contributed by atoms with van der Waals surface area (Å²) in [5.74, 6) is 0.636. The molecule has 9 heteroatoms. The van der Waals surface area contributed by atoms with Crippen LogP contribution in [0.5, 0.6) is 0 Å². The molecule has 1 unspecified atom stereocenters. The van der Waals surface area contributed by atoms with Gasteiger partial charge in [-0.25, -0.2) is 4.98 Å². The molecule has 0 aliphatic heterocycles. The second-order valence-corrected chi connectivity index (χ2v) is 9.90. The summed E-state index contributed by atoms with van der Waals surface area (Å²) in [6, 6.07) is 12.1. The number of thioether (sulfide) groups is 1. The number of aromatic nitrogens is 5. The van der Waals surface area contributed by atoms with Gasteiger partial charge in [0.2, 0.25) is 0 Å². The third-order valence-electron chi connectivity index (χ3n) is 4.81. The Morgan fingerprint density at radius 1 is 1.17 bits per heavy atom. The predicted octanol–water partition coefficient (Wildman–Crippen LogP) is 5.46. The van der Waals surface area contributed by atoms with E-state index in [0.29, 0.717) is 11.2 Å². The van der Waals surface area contributed by atoms with Gasteiger partial charge in [0, 0.05) is 15.8 Å². The van der Waals surface area contributed by atoms with Gasteiger partial charge in [-0.2, -0.15) is 0 Å². The zero-order valence-corrected chi connectivity index (χ0v) is 18.6. The lowest BCUT2D eigenvalue weighted by Crippen LogP contribution is -2.12. The maximum atomic E-state index is 12.9. The fourth-order valence-corrected chi connectivity index (χ4v) is 5.95. The van der Waals surface area contributed by atoms with Crippen LogP contribution in [0.15, 0.2) is 63.4 Å². The molecule has 4 aromatic heterocycles. The van der Waals surface area contributed by atoms with E-state index >= 15 is 0 Å². The van der Waals surface area contributed by atoms with Crippen LogP contribution in [0.2, 0.25) is 0 Å². The predicted molar refractivity (Wildman–Crippen MR) is 124 cm³/mol. The molecule has 6 nitrogen and oxygen atoms in total. The monoisotopic (exact) mass is 451 g/mol. The zero-order chi connectivity index (χ0) is 20.7. The fourth-order valence-electron chi connectivity index (χ4n) is 3.29. The summed E-state index contributed by atoms with van der Waals surface area (Å²) in [6.45, 7) is 4.07. The summed E-state index contributed by atoms with van der Waals surface area (Å²) in [5.41, 5.74) is 3.02. The number of aryl methyl sites for hydroxylation is 1. The van der Waals surface area contributed by atoms with Crippen molar-refractivity contribution in [1.82, 2.24) is 24.7 Å². The zero-order valence-electron chi connectivity index (χ0n) is 16.2. The molecule has 1 N–H and O–H groups in total. The van der Waals surface area contributed by atoms with Gasteiger partial charge in [0.05, 0.1) is 16.3 Å². The molecule has 30 heavy (non-hydrogen) atoms. The highest BCUT2D eigenvalue weighted by atomic mass is 32.2. The van der Waals surface area contributed by atoms with Crippen LogP contribution in [0, 0.1) is 6.92 Å². The van der Waals surface area contributed by atoms with E-state index in [1.165, 1.54) is 23.1 Å². The maximum Gasteiger partial charge on any atom is 0.260 e. The number of H-pyrrole nitrogens is 1. The molecule has 1 aromatic carbocycles. The average molecular weight is 452 g/mol. The Morgan fingerprint density at radius 3 is 2.83 bits per heavy atom. The summed E-state index contributed by atoms with van der Waals surface area (Å²) in [7, 11) is 0. The van der Waals surface area contributed by atoms with E-state index in [1.807, 2.05) is 52.6 Å². The molecule has 0 spiro atoms. The molecule has 0 saturated carbocycles. The SMILES string of the molecule is Cc1ccccc1-n1cnnc1SC(C)c1nc2scc(-c3cccs3)c2c(=O)[nH]1. The van der Waals surface area contributed by atoms with Crippen LogP contribution >= 0.6 is 34.4 Å². The molecule has 0 fully saturated rings. The van der Waals surface area contributed by atoms with Crippen molar-refractivity contribution in [2.24, 2.45) is 0 Å². The van der Waals surface area contributed by atoms with Crippen molar-refractivity contribution in [2.45, 2.75) is 24.3 Å².